The highest BCUT2D eigenvalue weighted by molar-refractivity contribution is 5.98. The number of aromatic nitrogens is 3. The van der Waals surface area contributed by atoms with Crippen LogP contribution in [-0.4, -0.2) is 49.8 Å². The smallest absolute Gasteiger partial charge is 0.403 e. The first-order valence-corrected chi connectivity index (χ1v) is 12.3. The van der Waals surface area contributed by atoms with E-state index in [1.165, 1.54) is 6.92 Å². The minimum absolute atomic E-state index is 0.0420. The summed E-state index contributed by atoms with van der Waals surface area (Å²) in [7, 11) is 0. The molecule has 0 saturated heterocycles. The van der Waals surface area contributed by atoms with Gasteiger partial charge >= 0.3 is 6.36 Å². The maximum atomic E-state index is 14.5. The van der Waals surface area contributed by atoms with E-state index in [1.54, 1.807) is 18.2 Å². The van der Waals surface area contributed by atoms with Gasteiger partial charge in [0.05, 0.1) is 18.3 Å². The van der Waals surface area contributed by atoms with Crippen molar-refractivity contribution in [1.29, 1.82) is 0 Å². The Balaban J connectivity index is 1.38. The molecule has 4 aromatic rings. The molecule has 0 radical (unpaired) electrons. The SMILES string of the molecule is CC(=O)c1ccc2c(c1)C[C@@H](O)[C@@H]2NC(=O)c1cc(C(=O)NCc2ccc(F)c(OC(F)(F)F)c2)nc2c(F)cnn12. The van der Waals surface area contributed by atoms with Gasteiger partial charge < -0.3 is 20.5 Å². The van der Waals surface area contributed by atoms with Crippen molar-refractivity contribution in [3.05, 3.63) is 93.9 Å². The summed E-state index contributed by atoms with van der Waals surface area (Å²) in [6, 6.07) is 7.54. The molecule has 2 amide bonds. The topological polar surface area (TPSA) is 135 Å². The van der Waals surface area contributed by atoms with E-state index in [0.717, 1.165) is 35.0 Å². The molecule has 0 saturated carbocycles. The number of hydrogen-bond donors (Lipinski definition) is 3. The first kappa shape index (κ1) is 28.6. The summed E-state index contributed by atoms with van der Waals surface area (Å²) in [5, 5.41) is 19.4. The monoisotopic (exact) mass is 589 g/mol. The number of fused-ring (bicyclic) bond motifs is 2. The second kappa shape index (κ2) is 10.8. The Morgan fingerprint density at radius 2 is 1.83 bits per heavy atom. The van der Waals surface area contributed by atoms with Crippen molar-refractivity contribution in [1.82, 2.24) is 25.2 Å². The van der Waals surface area contributed by atoms with Crippen LogP contribution in [0.15, 0.2) is 48.7 Å². The fourth-order valence-electron chi connectivity index (χ4n) is 4.59. The van der Waals surface area contributed by atoms with E-state index in [1.807, 2.05) is 0 Å². The van der Waals surface area contributed by atoms with Crippen LogP contribution < -0.4 is 15.4 Å². The highest BCUT2D eigenvalue weighted by Crippen LogP contribution is 2.33. The molecule has 3 N–H and O–H groups in total. The summed E-state index contributed by atoms with van der Waals surface area (Å²) < 4.78 is 70.2. The number of ether oxygens (including phenoxy) is 1. The molecule has 2 aromatic heterocycles. The molecule has 218 valence electrons. The average Bonchev–Trinajstić information content (AvgIpc) is 3.45. The number of rotatable bonds is 7. The Morgan fingerprint density at radius 1 is 1.07 bits per heavy atom. The van der Waals surface area contributed by atoms with Gasteiger partial charge in [0.2, 0.25) is 0 Å². The Labute approximate surface area is 233 Å². The van der Waals surface area contributed by atoms with Gasteiger partial charge in [0.1, 0.15) is 11.4 Å². The van der Waals surface area contributed by atoms with Crippen LogP contribution in [0.4, 0.5) is 22.0 Å². The molecule has 0 aliphatic heterocycles. The predicted molar refractivity (Wildman–Crippen MR) is 134 cm³/mol. The molecule has 42 heavy (non-hydrogen) atoms. The van der Waals surface area contributed by atoms with Crippen molar-refractivity contribution in [2.45, 2.75) is 38.4 Å². The van der Waals surface area contributed by atoms with Crippen LogP contribution in [0.1, 0.15) is 61.0 Å². The molecule has 2 aromatic carbocycles. The zero-order valence-electron chi connectivity index (χ0n) is 21.5. The third kappa shape index (κ3) is 5.76. The quantitative estimate of drug-likeness (QED) is 0.222. The van der Waals surface area contributed by atoms with Gasteiger partial charge in [0.25, 0.3) is 11.8 Å². The molecule has 2 atom stereocenters. The van der Waals surface area contributed by atoms with Gasteiger partial charge in [-0.05, 0) is 41.8 Å². The van der Waals surface area contributed by atoms with Crippen molar-refractivity contribution < 1.29 is 46.2 Å². The Hall–Kier alpha value is -4.92. The molecule has 0 spiro atoms. The largest absolute Gasteiger partial charge is 0.573 e. The van der Waals surface area contributed by atoms with Crippen LogP contribution >= 0.6 is 0 Å². The Bertz CT molecular complexity index is 1740. The number of alkyl halides is 3. The van der Waals surface area contributed by atoms with Crippen molar-refractivity contribution >= 4 is 23.2 Å². The van der Waals surface area contributed by atoms with Gasteiger partial charge in [0, 0.05) is 24.6 Å². The lowest BCUT2D eigenvalue weighted by Gasteiger charge is -2.18. The number of carbonyl (C=O) groups excluding carboxylic acids is 3. The molecule has 5 rings (SSSR count). The van der Waals surface area contributed by atoms with Crippen LogP contribution in [0.5, 0.6) is 5.75 Å². The highest BCUT2D eigenvalue weighted by Gasteiger charge is 2.34. The maximum Gasteiger partial charge on any atom is 0.573 e. The van der Waals surface area contributed by atoms with E-state index in [-0.39, 0.29) is 23.5 Å². The van der Waals surface area contributed by atoms with Gasteiger partial charge in [0.15, 0.2) is 28.8 Å². The number of carbonyl (C=O) groups is 3. The normalized spacial score (nSPS) is 16.3. The molecular weight excluding hydrogens is 569 g/mol. The van der Waals surface area contributed by atoms with Crippen LogP contribution in [0.2, 0.25) is 0 Å². The Morgan fingerprint density at radius 3 is 2.55 bits per heavy atom. The summed E-state index contributed by atoms with van der Waals surface area (Å²) in [5.74, 6) is -5.25. The van der Waals surface area contributed by atoms with Crippen LogP contribution in [0.25, 0.3) is 5.65 Å². The van der Waals surface area contributed by atoms with Crippen molar-refractivity contribution in [3.8, 4) is 5.75 Å². The first-order chi connectivity index (χ1) is 19.8. The van der Waals surface area contributed by atoms with Crippen LogP contribution in [0, 0.1) is 11.6 Å². The molecule has 15 heteroatoms. The number of hydrogen-bond acceptors (Lipinski definition) is 7. The van der Waals surface area contributed by atoms with E-state index in [0.29, 0.717) is 16.7 Å². The molecule has 10 nitrogen and oxygen atoms in total. The van der Waals surface area contributed by atoms with Gasteiger partial charge in [-0.1, -0.05) is 18.2 Å². The molecular formula is C27H20F5N5O5. The number of nitrogens with one attached hydrogen (secondary N) is 2. The second-order valence-corrected chi connectivity index (χ2v) is 9.44. The standard InChI is InChI=1S/C27H20F5N5O5/c1-12(38)14-3-4-16-15(7-14)8-21(39)23(16)36-26(41)20-9-19(35-24-18(29)11-34-37(20)24)25(40)33-10-13-2-5-17(28)22(6-13)42-27(30,31)32/h2-7,9,11,21,23,39H,8,10H2,1H3,(H,33,40)(H,36,41)/t21-,23-/m1/s1. The number of amides is 2. The Kier molecular flexibility index (Phi) is 7.36. The van der Waals surface area contributed by atoms with E-state index in [4.69, 9.17) is 0 Å². The van der Waals surface area contributed by atoms with Crippen LogP contribution in [-0.2, 0) is 13.0 Å². The summed E-state index contributed by atoms with van der Waals surface area (Å²) in [4.78, 5) is 41.8. The number of nitrogens with zero attached hydrogens (tertiary/aromatic N) is 3. The lowest BCUT2D eigenvalue weighted by Crippen LogP contribution is -2.35. The minimum Gasteiger partial charge on any atom is -0.403 e. The number of ketones is 1. The fourth-order valence-corrected chi connectivity index (χ4v) is 4.59. The zero-order valence-corrected chi connectivity index (χ0v) is 21.5. The van der Waals surface area contributed by atoms with Gasteiger partial charge in [-0.25, -0.2) is 18.3 Å². The summed E-state index contributed by atoms with van der Waals surface area (Å²) in [6.07, 6.45) is -5.23. The van der Waals surface area contributed by atoms with Crippen molar-refractivity contribution in [2.24, 2.45) is 0 Å². The second-order valence-electron chi connectivity index (χ2n) is 9.44. The van der Waals surface area contributed by atoms with E-state index in [2.05, 4.69) is 25.5 Å². The molecule has 2 heterocycles. The lowest BCUT2D eigenvalue weighted by molar-refractivity contribution is -0.275. The fraction of sp³-hybridized carbons (Fsp3) is 0.222. The molecule has 0 unspecified atom stereocenters. The van der Waals surface area contributed by atoms with E-state index >= 15 is 0 Å². The number of aliphatic hydroxyl groups is 1. The minimum atomic E-state index is -5.14. The summed E-state index contributed by atoms with van der Waals surface area (Å²) in [6.45, 7) is 1.01. The first-order valence-electron chi connectivity index (χ1n) is 12.3. The van der Waals surface area contributed by atoms with Crippen LogP contribution in [0.3, 0.4) is 0 Å². The molecule has 0 bridgehead atoms. The number of halogens is 5. The number of benzene rings is 2. The number of aliphatic hydroxyl groups excluding tert-OH is 1. The van der Waals surface area contributed by atoms with Gasteiger partial charge in [-0.3, -0.25) is 14.4 Å². The third-order valence-corrected chi connectivity index (χ3v) is 6.55. The zero-order chi connectivity index (χ0) is 30.3. The molecule has 1 aliphatic carbocycles. The van der Waals surface area contributed by atoms with E-state index < -0.39 is 65.6 Å². The summed E-state index contributed by atoms with van der Waals surface area (Å²) in [5.41, 5.74) is 0.515. The highest BCUT2D eigenvalue weighted by atomic mass is 19.4. The average molecular weight is 589 g/mol. The molecule has 0 fully saturated rings. The van der Waals surface area contributed by atoms with Crippen molar-refractivity contribution in [3.63, 3.8) is 0 Å². The van der Waals surface area contributed by atoms with E-state index in [9.17, 15) is 41.4 Å². The van der Waals surface area contributed by atoms with Gasteiger partial charge in [-0.15, -0.1) is 13.2 Å². The lowest BCUT2D eigenvalue weighted by atomic mass is 10.0. The van der Waals surface area contributed by atoms with Gasteiger partial charge in [-0.2, -0.15) is 5.10 Å². The maximum absolute atomic E-state index is 14.5. The number of Topliss-reactive ketones (excluding diaryl/α,β-unsaturated/α-hetero) is 1. The third-order valence-electron chi connectivity index (χ3n) is 6.55. The molecule has 1 aliphatic rings. The summed E-state index contributed by atoms with van der Waals surface area (Å²) >= 11 is 0. The predicted octanol–water partition coefficient (Wildman–Crippen LogP) is 3.43. The van der Waals surface area contributed by atoms with Crippen molar-refractivity contribution in [2.75, 3.05) is 0 Å².